The standard InChI is InChI=1S/C9H9F5N2O2/c1-4-6(10)7(17)16-5(15-4)2-18-3-9(13,14)8(11)12/h8H,2-3H2,1H3,(H,15,16,17). The minimum absolute atomic E-state index is 0.219. The van der Waals surface area contributed by atoms with Crippen molar-refractivity contribution in [1.29, 1.82) is 0 Å². The summed E-state index contributed by atoms with van der Waals surface area (Å²) in [5.41, 5.74) is -1.32. The van der Waals surface area contributed by atoms with E-state index in [0.717, 1.165) is 0 Å². The molecule has 1 aromatic rings. The van der Waals surface area contributed by atoms with E-state index in [4.69, 9.17) is 0 Å². The number of nitrogens with zero attached hydrogens (tertiary/aromatic N) is 1. The number of ether oxygens (including phenoxy) is 1. The van der Waals surface area contributed by atoms with Crippen molar-refractivity contribution >= 4 is 0 Å². The lowest BCUT2D eigenvalue weighted by Crippen LogP contribution is -2.32. The average Bonchev–Trinajstić information content (AvgIpc) is 2.25. The zero-order valence-corrected chi connectivity index (χ0v) is 9.15. The van der Waals surface area contributed by atoms with Gasteiger partial charge in [0.25, 0.3) is 5.56 Å². The van der Waals surface area contributed by atoms with Crippen molar-refractivity contribution in [3.63, 3.8) is 0 Å². The van der Waals surface area contributed by atoms with E-state index in [2.05, 4.69) is 9.72 Å². The molecule has 1 heterocycles. The third-order valence-corrected chi connectivity index (χ3v) is 1.93. The molecule has 0 aliphatic carbocycles. The largest absolute Gasteiger partial charge is 0.367 e. The topological polar surface area (TPSA) is 55.0 Å². The molecule has 1 rings (SSSR count). The second-order valence-electron chi connectivity index (χ2n) is 3.47. The Kier molecular flexibility index (Phi) is 4.38. The number of aromatic nitrogens is 2. The monoisotopic (exact) mass is 272 g/mol. The van der Waals surface area contributed by atoms with Gasteiger partial charge in [0.1, 0.15) is 19.0 Å². The second kappa shape index (κ2) is 5.42. The van der Waals surface area contributed by atoms with Crippen LogP contribution < -0.4 is 5.56 Å². The van der Waals surface area contributed by atoms with Gasteiger partial charge < -0.3 is 9.72 Å². The van der Waals surface area contributed by atoms with E-state index in [-0.39, 0.29) is 11.5 Å². The number of halogens is 5. The van der Waals surface area contributed by atoms with E-state index in [0.29, 0.717) is 0 Å². The van der Waals surface area contributed by atoms with Gasteiger partial charge in [0.05, 0.1) is 5.69 Å². The zero-order valence-electron chi connectivity index (χ0n) is 9.15. The predicted molar refractivity (Wildman–Crippen MR) is 50.2 cm³/mol. The molecule has 9 heteroatoms. The van der Waals surface area contributed by atoms with E-state index >= 15 is 0 Å². The molecule has 18 heavy (non-hydrogen) atoms. The summed E-state index contributed by atoms with van der Waals surface area (Å²) in [7, 11) is 0. The second-order valence-corrected chi connectivity index (χ2v) is 3.47. The van der Waals surface area contributed by atoms with E-state index < -0.39 is 36.9 Å². The van der Waals surface area contributed by atoms with Crippen LogP contribution in [0.5, 0.6) is 0 Å². The SMILES string of the molecule is Cc1nc(COCC(F)(F)C(F)F)[nH]c(=O)c1F. The van der Waals surface area contributed by atoms with Gasteiger partial charge in [-0.2, -0.15) is 13.2 Å². The van der Waals surface area contributed by atoms with Crippen LogP contribution in [0.3, 0.4) is 0 Å². The molecular formula is C9H9F5N2O2. The first kappa shape index (κ1) is 14.6. The smallest absolute Gasteiger partial charge is 0.330 e. The van der Waals surface area contributed by atoms with Gasteiger partial charge in [-0.25, -0.2) is 13.8 Å². The van der Waals surface area contributed by atoms with Gasteiger partial charge in [-0.05, 0) is 6.92 Å². The molecule has 0 radical (unpaired) electrons. The maximum Gasteiger partial charge on any atom is 0.330 e. The van der Waals surface area contributed by atoms with Gasteiger partial charge in [-0.3, -0.25) is 4.79 Å². The molecule has 0 spiro atoms. The van der Waals surface area contributed by atoms with Crippen molar-refractivity contribution in [2.75, 3.05) is 6.61 Å². The first-order valence-electron chi connectivity index (χ1n) is 4.73. The van der Waals surface area contributed by atoms with Crippen molar-refractivity contribution in [3.05, 3.63) is 27.7 Å². The quantitative estimate of drug-likeness (QED) is 0.829. The number of hydrogen-bond donors (Lipinski definition) is 1. The lowest BCUT2D eigenvalue weighted by Gasteiger charge is -2.14. The number of H-pyrrole nitrogens is 1. The Morgan fingerprint density at radius 3 is 2.56 bits per heavy atom. The normalized spacial score (nSPS) is 12.2. The molecule has 0 aromatic carbocycles. The molecule has 102 valence electrons. The van der Waals surface area contributed by atoms with Crippen LogP contribution >= 0.6 is 0 Å². The third-order valence-electron chi connectivity index (χ3n) is 1.93. The Morgan fingerprint density at radius 2 is 2.06 bits per heavy atom. The van der Waals surface area contributed by atoms with E-state index in [9.17, 15) is 26.7 Å². The van der Waals surface area contributed by atoms with Crippen LogP contribution in [0.2, 0.25) is 0 Å². The lowest BCUT2D eigenvalue weighted by molar-refractivity contribution is -0.168. The summed E-state index contributed by atoms with van der Waals surface area (Å²) in [6, 6.07) is 0. The summed E-state index contributed by atoms with van der Waals surface area (Å²) in [6.45, 7) is -0.953. The zero-order chi connectivity index (χ0) is 13.9. The summed E-state index contributed by atoms with van der Waals surface area (Å²) in [5, 5.41) is 0. The molecule has 4 nitrogen and oxygen atoms in total. The summed E-state index contributed by atoms with van der Waals surface area (Å²) in [6.07, 6.45) is -3.85. The van der Waals surface area contributed by atoms with Crippen LogP contribution in [-0.2, 0) is 11.3 Å². The predicted octanol–water partition coefficient (Wildman–Crippen LogP) is 1.63. The van der Waals surface area contributed by atoms with Crippen LogP contribution in [0, 0.1) is 12.7 Å². The van der Waals surface area contributed by atoms with Crippen molar-refractivity contribution < 1.29 is 26.7 Å². The minimum Gasteiger partial charge on any atom is -0.367 e. The highest BCUT2D eigenvalue weighted by Gasteiger charge is 2.40. The van der Waals surface area contributed by atoms with Crippen molar-refractivity contribution in [1.82, 2.24) is 9.97 Å². The van der Waals surface area contributed by atoms with Gasteiger partial charge in [0.2, 0.25) is 5.82 Å². The highest BCUT2D eigenvalue weighted by Crippen LogP contribution is 2.23. The first-order chi connectivity index (χ1) is 8.24. The molecule has 0 aliphatic heterocycles. The fraction of sp³-hybridized carbons (Fsp3) is 0.556. The molecule has 0 bridgehead atoms. The maximum atomic E-state index is 12.9. The molecule has 0 saturated carbocycles. The minimum atomic E-state index is -4.28. The van der Waals surface area contributed by atoms with Crippen molar-refractivity contribution in [2.24, 2.45) is 0 Å². The van der Waals surface area contributed by atoms with Gasteiger partial charge in [-0.15, -0.1) is 0 Å². The van der Waals surface area contributed by atoms with Crippen LogP contribution in [0.25, 0.3) is 0 Å². The number of aromatic amines is 1. The first-order valence-corrected chi connectivity index (χ1v) is 4.73. The van der Waals surface area contributed by atoms with E-state index in [1.54, 1.807) is 0 Å². The van der Waals surface area contributed by atoms with Crippen LogP contribution in [-0.4, -0.2) is 28.9 Å². The van der Waals surface area contributed by atoms with Gasteiger partial charge in [0.15, 0.2) is 0 Å². The van der Waals surface area contributed by atoms with Crippen LogP contribution in [0.15, 0.2) is 4.79 Å². The van der Waals surface area contributed by atoms with Crippen molar-refractivity contribution in [3.8, 4) is 0 Å². The highest BCUT2D eigenvalue weighted by atomic mass is 19.3. The Balaban J connectivity index is 2.63. The number of rotatable bonds is 5. The fourth-order valence-corrected chi connectivity index (χ4v) is 1.04. The van der Waals surface area contributed by atoms with Gasteiger partial charge in [-0.1, -0.05) is 0 Å². The number of hydrogen-bond acceptors (Lipinski definition) is 3. The number of aryl methyl sites for hydroxylation is 1. The van der Waals surface area contributed by atoms with E-state index in [1.165, 1.54) is 6.92 Å². The van der Waals surface area contributed by atoms with Crippen LogP contribution in [0.4, 0.5) is 22.0 Å². The highest BCUT2D eigenvalue weighted by molar-refractivity contribution is 5.02. The van der Waals surface area contributed by atoms with Gasteiger partial charge >= 0.3 is 12.3 Å². The van der Waals surface area contributed by atoms with E-state index in [1.807, 2.05) is 4.98 Å². The molecule has 0 amide bonds. The van der Waals surface area contributed by atoms with Crippen LogP contribution in [0.1, 0.15) is 11.5 Å². The molecule has 1 N–H and O–H groups in total. The van der Waals surface area contributed by atoms with Crippen molar-refractivity contribution in [2.45, 2.75) is 25.9 Å². The molecule has 1 aromatic heterocycles. The molecule has 0 aliphatic rings. The molecule has 0 saturated heterocycles. The van der Waals surface area contributed by atoms with Gasteiger partial charge in [0, 0.05) is 0 Å². The lowest BCUT2D eigenvalue weighted by atomic mass is 10.4. The Morgan fingerprint density at radius 1 is 1.44 bits per heavy atom. The Labute approximate surface area is 97.8 Å². The summed E-state index contributed by atoms with van der Waals surface area (Å²) in [4.78, 5) is 16.4. The fourth-order valence-electron chi connectivity index (χ4n) is 1.04. The number of alkyl halides is 4. The molecule has 0 atom stereocenters. The maximum absolute atomic E-state index is 12.9. The number of nitrogens with one attached hydrogen (secondary N) is 1. The molecular weight excluding hydrogens is 263 g/mol. The summed E-state index contributed by atoms with van der Waals surface area (Å²) < 4.78 is 65.6. The molecule has 0 unspecified atom stereocenters. The Hall–Kier alpha value is -1.51. The summed E-state index contributed by atoms with van der Waals surface area (Å²) >= 11 is 0. The average molecular weight is 272 g/mol. The summed E-state index contributed by atoms with van der Waals surface area (Å²) in [5.74, 6) is -5.60. The molecule has 0 fully saturated rings. The third kappa shape index (κ3) is 3.49. The Bertz CT molecular complexity index is 475.